The van der Waals surface area contributed by atoms with Crippen molar-refractivity contribution in [2.75, 3.05) is 25.4 Å². The number of primary amides is 1. The van der Waals surface area contributed by atoms with Gasteiger partial charge in [-0.2, -0.15) is 0 Å². The molecule has 0 aliphatic heterocycles. The van der Waals surface area contributed by atoms with E-state index in [1.165, 1.54) is 23.1 Å². The van der Waals surface area contributed by atoms with E-state index in [1.54, 1.807) is 0 Å². The molecule has 6 nitrogen and oxygen atoms in total. The molecule has 0 unspecified atom stereocenters. The zero-order chi connectivity index (χ0) is 16.3. The summed E-state index contributed by atoms with van der Waals surface area (Å²) in [5.41, 5.74) is 5.61. The highest BCUT2D eigenvalue weighted by atomic mass is 32.2. The Morgan fingerprint density at radius 3 is 2.73 bits per heavy atom. The van der Waals surface area contributed by atoms with Crippen LogP contribution in [0, 0.1) is 0 Å². The highest BCUT2D eigenvalue weighted by Crippen LogP contribution is 2.40. The number of thioether (sulfide) groups is 1. The number of aromatic hydroxyl groups is 1. The molecule has 2 rings (SSSR count). The fraction of sp³-hybridized carbons (Fsp3) is 0.429. The fourth-order valence-corrected chi connectivity index (χ4v) is 4.72. The molecule has 0 radical (unpaired) electrons. The molecule has 0 aliphatic rings. The van der Waals surface area contributed by atoms with Crippen LogP contribution in [0.15, 0.2) is 15.1 Å². The van der Waals surface area contributed by atoms with Crippen LogP contribution in [0.2, 0.25) is 0 Å². The van der Waals surface area contributed by atoms with Gasteiger partial charge in [-0.25, -0.2) is 0 Å². The number of carbonyl (C=O) groups is 1. The zero-order valence-corrected chi connectivity index (χ0v) is 14.1. The maximum atomic E-state index is 11.7. The van der Waals surface area contributed by atoms with Gasteiger partial charge in [0.1, 0.15) is 5.75 Å². The van der Waals surface area contributed by atoms with Crippen LogP contribution in [-0.4, -0.2) is 46.3 Å². The molecule has 8 heteroatoms. The molecule has 0 atom stereocenters. The van der Waals surface area contributed by atoms with Gasteiger partial charge in [0.05, 0.1) is 20.0 Å². The largest absolute Gasteiger partial charge is 0.506 e. The minimum atomic E-state index is -0.599. The third-order valence-corrected chi connectivity index (χ3v) is 5.87. The maximum absolute atomic E-state index is 11.7. The molecule has 0 saturated heterocycles. The first kappa shape index (κ1) is 16.9. The molecular weight excluding hydrogens is 322 g/mol. The molecule has 0 spiro atoms. The average molecular weight is 341 g/mol. The normalized spacial score (nSPS) is 11.4. The van der Waals surface area contributed by atoms with Crippen molar-refractivity contribution in [1.82, 2.24) is 9.88 Å². The first-order valence-electron chi connectivity index (χ1n) is 7.01. The predicted octanol–water partition coefficient (Wildman–Crippen LogP) is 1.83. The maximum Gasteiger partial charge on any atom is 0.252 e. The van der Waals surface area contributed by atoms with Crippen LogP contribution < -0.4 is 11.3 Å². The second kappa shape index (κ2) is 7.17. The Kier molecular flexibility index (Phi) is 5.49. The van der Waals surface area contributed by atoms with Crippen LogP contribution >= 0.6 is 23.1 Å². The van der Waals surface area contributed by atoms with Crippen LogP contribution in [0.4, 0.5) is 0 Å². The number of nitrogens with zero attached hydrogens (tertiary/aromatic N) is 1. The number of pyridine rings is 1. The topological polar surface area (TPSA) is 99.4 Å². The van der Waals surface area contributed by atoms with E-state index in [0.717, 1.165) is 35.7 Å². The number of aromatic amines is 1. The standard InChI is InChI=1S/C14H19N3O3S2/c1-3-17(4-2)5-6-21-14-10(13(15)20)11-12(22-14)8(18)7-9(19)16-11/h7H,3-6H2,1-2H3,(H2,15,20)(H2,16,18,19). The van der Waals surface area contributed by atoms with Crippen molar-refractivity contribution >= 4 is 39.2 Å². The molecule has 0 bridgehead atoms. The summed E-state index contributed by atoms with van der Waals surface area (Å²) in [5.74, 6) is 0.0828. The van der Waals surface area contributed by atoms with E-state index in [0.29, 0.717) is 10.2 Å². The van der Waals surface area contributed by atoms with Gasteiger partial charge in [-0.05, 0) is 13.1 Å². The van der Waals surface area contributed by atoms with E-state index in [9.17, 15) is 14.7 Å². The van der Waals surface area contributed by atoms with Crippen LogP contribution in [-0.2, 0) is 0 Å². The van der Waals surface area contributed by atoms with Gasteiger partial charge < -0.3 is 20.7 Å². The van der Waals surface area contributed by atoms with Crippen molar-refractivity contribution in [2.45, 2.75) is 18.1 Å². The summed E-state index contributed by atoms with van der Waals surface area (Å²) >= 11 is 2.80. The minimum absolute atomic E-state index is 0.123. The van der Waals surface area contributed by atoms with Gasteiger partial charge in [-0.1, -0.05) is 13.8 Å². The number of H-pyrrole nitrogens is 1. The third-order valence-electron chi connectivity index (χ3n) is 3.41. The van der Waals surface area contributed by atoms with Gasteiger partial charge >= 0.3 is 0 Å². The number of thiophene rings is 1. The molecule has 2 aromatic heterocycles. The summed E-state index contributed by atoms with van der Waals surface area (Å²) in [4.78, 5) is 28.1. The number of amides is 1. The summed E-state index contributed by atoms with van der Waals surface area (Å²) in [7, 11) is 0. The predicted molar refractivity (Wildman–Crippen MR) is 91.1 cm³/mol. The number of rotatable bonds is 7. The van der Waals surface area contributed by atoms with E-state index in [2.05, 4.69) is 23.7 Å². The zero-order valence-electron chi connectivity index (χ0n) is 12.5. The molecule has 0 saturated carbocycles. The Labute approximate surface area is 136 Å². The van der Waals surface area contributed by atoms with Crippen LogP contribution in [0.5, 0.6) is 5.75 Å². The minimum Gasteiger partial charge on any atom is -0.506 e. The van der Waals surface area contributed by atoms with Gasteiger partial charge in [0.2, 0.25) is 0 Å². The summed E-state index contributed by atoms with van der Waals surface area (Å²) in [6, 6.07) is 1.11. The summed E-state index contributed by atoms with van der Waals surface area (Å²) < 4.78 is 1.21. The first-order valence-corrected chi connectivity index (χ1v) is 8.81. The number of hydrogen-bond donors (Lipinski definition) is 3. The van der Waals surface area contributed by atoms with Crippen LogP contribution in [0.1, 0.15) is 24.2 Å². The van der Waals surface area contributed by atoms with Crippen LogP contribution in [0.25, 0.3) is 10.2 Å². The monoisotopic (exact) mass is 341 g/mol. The smallest absolute Gasteiger partial charge is 0.252 e. The van der Waals surface area contributed by atoms with Crippen molar-refractivity contribution in [1.29, 1.82) is 0 Å². The highest BCUT2D eigenvalue weighted by molar-refractivity contribution is 8.01. The van der Waals surface area contributed by atoms with E-state index >= 15 is 0 Å². The van der Waals surface area contributed by atoms with E-state index < -0.39 is 11.5 Å². The molecule has 0 aromatic carbocycles. The van der Waals surface area contributed by atoms with Crippen molar-refractivity contribution in [3.8, 4) is 5.75 Å². The fourth-order valence-electron chi connectivity index (χ4n) is 2.19. The Bertz CT molecular complexity index is 735. The van der Waals surface area contributed by atoms with Crippen LogP contribution in [0.3, 0.4) is 0 Å². The Hall–Kier alpha value is -1.51. The molecule has 2 aromatic rings. The van der Waals surface area contributed by atoms with Gasteiger partial charge in [-0.3, -0.25) is 9.59 Å². The quantitative estimate of drug-likeness (QED) is 0.667. The first-order chi connectivity index (χ1) is 10.5. The number of aromatic nitrogens is 1. The average Bonchev–Trinajstić information content (AvgIpc) is 2.82. The summed E-state index contributed by atoms with van der Waals surface area (Å²) in [6.07, 6.45) is 0. The Morgan fingerprint density at radius 2 is 2.14 bits per heavy atom. The highest BCUT2D eigenvalue weighted by Gasteiger charge is 2.20. The number of nitrogens with one attached hydrogen (secondary N) is 1. The Morgan fingerprint density at radius 1 is 1.45 bits per heavy atom. The van der Waals surface area contributed by atoms with E-state index in [1.807, 2.05) is 0 Å². The number of nitrogens with two attached hydrogens (primary N) is 1. The molecule has 22 heavy (non-hydrogen) atoms. The second-order valence-electron chi connectivity index (χ2n) is 4.73. The lowest BCUT2D eigenvalue weighted by molar-refractivity contribution is 0.0999. The third kappa shape index (κ3) is 3.45. The van der Waals surface area contributed by atoms with E-state index in [4.69, 9.17) is 5.73 Å². The SMILES string of the molecule is CCN(CC)CCSc1sc2c(O)cc(=O)[nH]c2c1C(N)=O. The summed E-state index contributed by atoms with van der Waals surface area (Å²) in [6.45, 7) is 7.05. The van der Waals surface area contributed by atoms with Gasteiger partial charge in [0, 0.05) is 18.4 Å². The molecule has 120 valence electrons. The summed E-state index contributed by atoms with van der Waals surface area (Å²) in [5, 5.41) is 9.88. The number of fused-ring (bicyclic) bond motifs is 1. The molecule has 0 aliphatic carbocycles. The molecular formula is C14H19N3O3S2. The molecule has 1 amide bonds. The van der Waals surface area contributed by atoms with Crippen molar-refractivity contribution in [2.24, 2.45) is 5.73 Å². The lowest BCUT2D eigenvalue weighted by Crippen LogP contribution is -2.25. The lowest BCUT2D eigenvalue weighted by Gasteiger charge is -2.17. The van der Waals surface area contributed by atoms with Gasteiger partial charge in [-0.15, -0.1) is 23.1 Å². The molecule has 4 N–H and O–H groups in total. The van der Waals surface area contributed by atoms with Gasteiger partial charge in [0.15, 0.2) is 0 Å². The Balaban J connectivity index is 2.33. The molecule has 2 heterocycles. The van der Waals surface area contributed by atoms with Crippen molar-refractivity contribution < 1.29 is 9.90 Å². The number of hydrogen-bond acceptors (Lipinski definition) is 6. The van der Waals surface area contributed by atoms with Crippen molar-refractivity contribution in [3.63, 3.8) is 0 Å². The van der Waals surface area contributed by atoms with Crippen molar-refractivity contribution in [3.05, 3.63) is 22.0 Å². The van der Waals surface area contributed by atoms with E-state index in [-0.39, 0.29) is 11.3 Å². The number of carbonyl (C=O) groups excluding carboxylic acids is 1. The lowest BCUT2D eigenvalue weighted by atomic mass is 10.2. The van der Waals surface area contributed by atoms with Gasteiger partial charge in [0.25, 0.3) is 11.5 Å². The molecule has 0 fully saturated rings. The second-order valence-corrected chi connectivity index (χ2v) is 7.11.